The van der Waals surface area contributed by atoms with E-state index in [4.69, 9.17) is 9.84 Å². The number of rotatable bonds is 9. The minimum Gasteiger partial charge on any atom is -0.497 e. The topological polar surface area (TPSA) is 49.8 Å². The molecule has 0 spiro atoms. The van der Waals surface area contributed by atoms with Crippen molar-refractivity contribution in [3.8, 4) is 5.75 Å². The van der Waals surface area contributed by atoms with E-state index in [1.807, 2.05) is 17.0 Å². The maximum absolute atomic E-state index is 10.9. The van der Waals surface area contributed by atoms with Gasteiger partial charge in [-0.1, -0.05) is 19.1 Å². The number of carbonyl (C=O) groups is 1. The van der Waals surface area contributed by atoms with Gasteiger partial charge < -0.3 is 9.84 Å². The van der Waals surface area contributed by atoms with Crippen molar-refractivity contribution in [2.45, 2.75) is 39.2 Å². The zero-order chi connectivity index (χ0) is 15.0. The molecule has 1 unspecified atom stereocenters. The smallest absolute Gasteiger partial charge is 0.317 e. The van der Waals surface area contributed by atoms with Crippen LogP contribution in [0.5, 0.6) is 5.75 Å². The standard InChI is InChI=1S/C16H25NO3/c1-4-11-17(12-16(18)19)13(2)5-6-14-7-9-15(20-3)10-8-14/h7-10,13H,4-6,11-12H2,1-3H3,(H,18,19). The first-order chi connectivity index (χ1) is 9.56. The molecule has 4 heteroatoms. The van der Waals surface area contributed by atoms with Crippen LogP contribution in [0, 0.1) is 0 Å². The van der Waals surface area contributed by atoms with Gasteiger partial charge in [0.1, 0.15) is 5.75 Å². The van der Waals surface area contributed by atoms with E-state index in [-0.39, 0.29) is 12.6 Å². The summed E-state index contributed by atoms with van der Waals surface area (Å²) >= 11 is 0. The number of ether oxygens (including phenoxy) is 1. The molecule has 0 radical (unpaired) electrons. The van der Waals surface area contributed by atoms with E-state index in [9.17, 15) is 4.79 Å². The van der Waals surface area contributed by atoms with Gasteiger partial charge in [-0.2, -0.15) is 0 Å². The Kier molecular flexibility index (Phi) is 7.09. The van der Waals surface area contributed by atoms with Gasteiger partial charge >= 0.3 is 5.97 Å². The average Bonchev–Trinajstić information content (AvgIpc) is 2.44. The van der Waals surface area contributed by atoms with E-state index >= 15 is 0 Å². The van der Waals surface area contributed by atoms with Gasteiger partial charge in [0.05, 0.1) is 13.7 Å². The molecule has 0 saturated heterocycles. The fraction of sp³-hybridized carbons (Fsp3) is 0.562. The molecule has 112 valence electrons. The highest BCUT2D eigenvalue weighted by Gasteiger charge is 2.15. The predicted octanol–water partition coefficient (Wildman–Crippen LogP) is 2.81. The van der Waals surface area contributed by atoms with E-state index < -0.39 is 5.97 Å². The molecule has 1 N–H and O–H groups in total. The predicted molar refractivity (Wildman–Crippen MR) is 80.3 cm³/mol. The number of hydrogen-bond acceptors (Lipinski definition) is 3. The zero-order valence-electron chi connectivity index (χ0n) is 12.6. The highest BCUT2D eigenvalue weighted by atomic mass is 16.5. The van der Waals surface area contributed by atoms with Gasteiger partial charge in [0.2, 0.25) is 0 Å². The molecule has 0 saturated carbocycles. The number of benzene rings is 1. The fourth-order valence-electron chi connectivity index (χ4n) is 2.27. The van der Waals surface area contributed by atoms with Gasteiger partial charge in [-0.25, -0.2) is 0 Å². The number of methoxy groups -OCH3 is 1. The molecule has 1 aromatic carbocycles. The number of carboxylic acids is 1. The van der Waals surface area contributed by atoms with Crippen LogP contribution in [0.3, 0.4) is 0 Å². The summed E-state index contributed by atoms with van der Waals surface area (Å²) in [6.07, 6.45) is 2.88. The van der Waals surface area contributed by atoms with E-state index in [0.29, 0.717) is 0 Å². The van der Waals surface area contributed by atoms with Crippen LogP contribution in [-0.4, -0.2) is 42.2 Å². The molecule has 1 atom stereocenters. The molecule has 1 rings (SSSR count). The third-order valence-corrected chi connectivity index (χ3v) is 3.48. The Bertz CT molecular complexity index is 403. The molecule has 20 heavy (non-hydrogen) atoms. The Hall–Kier alpha value is -1.55. The fourth-order valence-corrected chi connectivity index (χ4v) is 2.27. The third kappa shape index (κ3) is 5.61. The number of carboxylic acid groups (broad SMARTS) is 1. The minimum atomic E-state index is -0.755. The lowest BCUT2D eigenvalue weighted by Gasteiger charge is -2.27. The van der Waals surface area contributed by atoms with E-state index in [0.717, 1.165) is 31.6 Å². The van der Waals surface area contributed by atoms with Crippen LogP contribution in [0.25, 0.3) is 0 Å². The van der Waals surface area contributed by atoms with Crippen molar-refractivity contribution in [2.24, 2.45) is 0 Å². The lowest BCUT2D eigenvalue weighted by Crippen LogP contribution is -2.38. The van der Waals surface area contributed by atoms with Crippen molar-refractivity contribution in [2.75, 3.05) is 20.2 Å². The molecule has 0 aromatic heterocycles. The van der Waals surface area contributed by atoms with Crippen molar-refractivity contribution >= 4 is 5.97 Å². The summed E-state index contributed by atoms with van der Waals surface area (Å²) in [6.45, 7) is 5.13. The molecule has 0 fully saturated rings. The molecule has 1 aromatic rings. The molecular formula is C16H25NO3. The lowest BCUT2D eigenvalue weighted by atomic mass is 10.0. The van der Waals surface area contributed by atoms with Gasteiger partial charge in [-0.05, 0) is 50.4 Å². The van der Waals surface area contributed by atoms with Crippen molar-refractivity contribution in [1.29, 1.82) is 0 Å². The van der Waals surface area contributed by atoms with Gasteiger partial charge in [-0.15, -0.1) is 0 Å². The summed E-state index contributed by atoms with van der Waals surface area (Å²) in [5, 5.41) is 8.95. The summed E-state index contributed by atoms with van der Waals surface area (Å²) in [7, 11) is 1.66. The van der Waals surface area contributed by atoms with Crippen LogP contribution in [0.2, 0.25) is 0 Å². The van der Waals surface area contributed by atoms with Crippen molar-refractivity contribution in [3.63, 3.8) is 0 Å². The maximum Gasteiger partial charge on any atom is 0.317 e. The van der Waals surface area contributed by atoms with E-state index in [1.54, 1.807) is 7.11 Å². The normalized spacial score (nSPS) is 12.4. The Morgan fingerprint density at radius 2 is 2.00 bits per heavy atom. The maximum atomic E-state index is 10.9. The monoisotopic (exact) mass is 279 g/mol. The van der Waals surface area contributed by atoms with Gasteiger partial charge in [0.25, 0.3) is 0 Å². The first-order valence-electron chi connectivity index (χ1n) is 7.15. The molecule has 0 aliphatic carbocycles. The second-order valence-electron chi connectivity index (χ2n) is 5.10. The Morgan fingerprint density at radius 3 is 2.50 bits per heavy atom. The minimum absolute atomic E-state index is 0.123. The Labute approximate surface area is 121 Å². The summed E-state index contributed by atoms with van der Waals surface area (Å²) in [6, 6.07) is 8.32. The van der Waals surface area contributed by atoms with Crippen LogP contribution in [0.4, 0.5) is 0 Å². The molecule has 0 aliphatic rings. The Balaban J connectivity index is 2.50. The van der Waals surface area contributed by atoms with Crippen molar-refractivity contribution < 1.29 is 14.6 Å². The molecule has 4 nitrogen and oxygen atoms in total. The first-order valence-corrected chi connectivity index (χ1v) is 7.15. The second-order valence-corrected chi connectivity index (χ2v) is 5.10. The van der Waals surface area contributed by atoms with E-state index in [1.165, 1.54) is 5.56 Å². The quantitative estimate of drug-likeness (QED) is 0.755. The van der Waals surface area contributed by atoms with Crippen LogP contribution in [0.15, 0.2) is 24.3 Å². The molecule has 0 bridgehead atoms. The van der Waals surface area contributed by atoms with Crippen LogP contribution < -0.4 is 4.74 Å². The SMILES string of the molecule is CCCN(CC(=O)O)C(C)CCc1ccc(OC)cc1. The van der Waals surface area contributed by atoms with Crippen molar-refractivity contribution in [1.82, 2.24) is 4.90 Å². The molecular weight excluding hydrogens is 254 g/mol. The van der Waals surface area contributed by atoms with Crippen LogP contribution in [0.1, 0.15) is 32.3 Å². The molecule has 0 aliphatic heterocycles. The third-order valence-electron chi connectivity index (χ3n) is 3.48. The van der Waals surface area contributed by atoms with Gasteiger partial charge in [-0.3, -0.25) is 9.69 Å². The zero-order valence-corrected chi connectivity index (χ0v) is 12.6. The number of aliphatic carboxylic acids is 1. The average molecular weight is 279 g/mol. The Morgan fingerprint density at radius 1 is 1.35 bits per heavy atom. The van der Waals surface area contributed by atoms with Crippen LogP contribution in [-0.2, 0) is 11.2 Å². The summed E-state index contributed by atoms with van der Waals surface area (Å²) < 4.78 is 5.14. The van der Waals surface area contributed by atoms with E-state index in [2.05, 4.69) is 26.0 Å². The summed E-state index contributed by atoms with van der Waals surface area (Å²) in [5.74, 6) is 0.107. The van der Waals surface area contributed by atoms with Gasteiger partial charge in [0.15, 0.2) is 0 Å². The molecule has 0 amide bonds. The number of hydrogen-bond donors (Lipinski definition) is 1. The second kappa shape index (κ2) is 8.59. The highest BCUT2D eigenvalue weighted by Crippen LogP contribution is 2.15. The van der Waals surface area contributed by atoms with Gasteiger partial charge in [0, 0.05) is 6.04 Å². The number of aryl methyl sites for hydroxylation is 1. The lowest BCUT2D eigenvalue weighted by molar-refractivity contribution is -0.138. The van der Waals surface area contributed by atoms with Crippen LogP contribution >= 0.6 is 0 Å². The molecule has 0 heterocycles. The van der Waals surface area contributed by atoms with Crippen molar-refractivity contribution in [3.05, 3.63) is 29.8 Å². The number of nitrogens with zero attached hydrogens (tertiary/aromatic N) is 1. The highest BCUT2D eigenvalue weighted by molar-refractivity contribution is 5.69. The summed E-state index contributed by atoms with van der Waals surface area (Å²) in [5.41, 5.74) is 1.25. The first kappa shape index (κ1) is 16.5. The largest absolute Gasteiger partial charge is 0.497 e. The summed E-state index contributed by atoms with van der Waals surface area (Å²) in [4.78, 5) is 12.9.